The number of amides is 1. The molecular weight excluding hydrogens is 326 g/mol. The van der Waals surface area contributed by atoms with Gasteiger partial charge in [0.2, 0.25) is 0 Å². The van der Waals surface area contributed by atoms with Crippen LogP contribution in [0.3, 0.4) is 0 Å². The molecule has 3 heterocycles. The van der Waals surface area contributed by atoms with Crippen molar-refractivity contribution in [1.82, 2.24) is 25.3 Å². The quantitative estimate of drug-likeness (QED) is 0.882. The first-order valence-electron chi connectivity index (χ1n) is 9.54. The van der Waals surface area contributed by atoms with Gasteiger partial charge in [0.25, 0.3) is 5.91 Å². The third-order valence-corrected chi connectivity index (χ3v) is 5.59. The molecule has 2 aliphatic rings. The highest BCUT2D eigenvalue weighted by atomic mass is 16.2. The van der Waals surface area contributed by atoms with Gasteiger partial charge in [-0.3, -0.25) is 14.4 Å². The van der Waals surface area contributed by atoms with Gasteiger partial charge in [0, 0.05) is 19.3 Å². The van der Waals surface area contributed by atoms with Crippen molar-refractivity contribution >= 4 is 5.91 Å². The molecule has 3 atom stereocenters. The van der Waals surface area contributed by atoms with E-state index in [9.17, 15) is 4.79 Å². The molecule has 6 nitrogen and oxygen atoms in total. The molecule has 2 N–H and O–H groups in total. The lowest BCUT2D eigenvalue weighted by atomic mass is 10.00. The van der Waals surface area contributed by atoms with Gasteiger partial charge in [0.05, 0.1) is 18.1 Å². The molecule has 1 aromatic heterocycles. The molecule has 138 valence electrons. The smallest absolute Gasteiger partial charge is 0.272 e. The summed E-state index contributed by atoms with van der Waals surface area (Å²) in [7, 11) is 2.12. The minimum atomic E-state index is -0.0752. The summed E-state index contributed by atoms with van der Waals surface area (Å²) in [4.78, 5) is 15.1. The lowest BCUT2D eigenvalue weighted by molar-refractivity contribution is 0.0921. The number of carbonyl (C=O) groups is 1. The van der Waals surface area contributed by atoms with Crippen molar-refractivity contribution < 1.29 is 4.79 Å². The first-order valence-corrected chi connectivity index (χ1v) is 9.54. The maximum atomic E-state index is 12.8. The zero-order valence-electron chi connectivity index (χ0n) is 15.3. The van der Waals surface area contributed by atoms with Gasteiger partial charge in [0.15, 0.2) is 0 Å². The summed E-state index contributed by atoms with van der Waals surface area (Å²) in [5, 5.41) is 11.2. The summed E-state index contributed by atoms with van der Waals surface area (Å²) >= 11 is 0. The van der Waals surface area contributed by atoms with Crippen LogP contribution in [0.5, 0.6) is 0 Å². The van der Waals surface area contributed by atoms with Gasteiger partial charge >= 0.3 is 0 Å². The molecule has 26 heavy (non-hydrogen) atoms. The van der Waals surface area contributed by atoms with Crippen molar-refractivity contribution in [2.75, 3.05) is 26.7 Å². The maximum Gasteiger partial charge on any atom is 0.272 e. The predicted octanol–water partition coefficient (Wildman–Crippen LogP) is 1.98. The number of nitrogens with zero attached hydrogens (tertiary/aromatic N) is 3. The van der Waals surface area contributed by atoms with E-state index in [2.05, 4.69) is 51.9 Å². The molecule has 0 bridgehead atoms. The number of hydrogen-bond donors (Lipinski definition) is 2. The van der Waals surface area contributed by atoms with Crippen LogP contribution in [0.4, 0.5) is 0 Å². The highest BCUT2D eigenvalue weighted by Gasteiger charge is 2.34. The molecule has 6 heteroatoms. The molecule has 2 aliphatic heterocycles. The van der Waals surface area contributed by atoms with E-state index in [1.807, 2.05) is 23.0 Å². The highest BCUT2D eigenvalue weighted by Crippen LogP contribution is 2.31. The van der Waals surface area contributed by atoms with Crippen LogP contribution >= 0.6 is 0 Å². The first-order chi connectivity index (χ1) is 12.7. The molecular formula is C20H27N5O. The topological polar surface area (TPSA) is 62.2 Å². The second-order valence-electron chi connectivity index (χ2n) is 7.39. The maximum absolute atomic E-state index is 12.8. The standard InChI is InChI=1S/C20H27N5O/c1-24-12-9-17(19(24)15-6-3-2-4-7-15)22-20(26)18-10-13-25(23-18)16-8-5-11-21-14-16/h2-4,6-7,10,13,16-17,19,21H,5,8-9,11-12,14H2,1H3,(H,22,26). The Morgan fingerprint density at radius 1 is 1.23 bits per heavy atom. The summed E-state index contributed by atoms with van der Waals surface area (Å²) in [6, 6.07) is 12.9. The Morgan fingerprint density at radius 3 is 2.85 bits per heavy atom. The summed E-state index contributed by atoms with van der Waals surface area (Å²) in [5.74, 6) is -0.0752. The normalized spacial score (nSPS) is 26.7. The van der Waals surface area contributed by atoms with Crippen LogP contribution in [0.2, 0.25) is 0 Å². The molecule has 2 fully saturated rings. The average Bonchev–Trinajstić information content (AvgIpc) is 3.31. The highest BCUT2D eigenvalue weighted by molar-refractivity contribution is 5.92. The van der Waals surface area contributed by atoms with Gasteiger partial charge in [-0.15, -0.1) is 0 Å². The van der Waals surface area contributed by atoms with E-state index in [4.69, 9.17) is 0 Å². The number of benzene rings is 1. The number of likely N-dealkylation sites (tertiary alicyclic amines) is 1. The van der Waals surface area contributed by atoms with E-state index < -0.39 is 0 Å². The summed E-state index contributed by atoms with van der Waals surface area (Å²) in [5.41, 5.74) is 1.76. The van der Waals surface area contributed by atoms with Crippen molar-refractivity contribution in [3.63, 3.8) is 0 Å². The Bertz CT molecular complexity index is 738. The van der Waals surface area contributed by atoms with Crippen molar-refractivity contribution in [1.29, 1.82) is 0 Å². The largest absolute Gasteiger partial charge is 0.346 e. The van der Waals surface area contributed by atoms with Crippen LogP contribution in [-0.4, -0.2) is 53.3 Å². The van der Waals surface area contributed by atoms with Gasteiger partial charge in [0.1, 0.15) is 5.69 Å². The minimum Gasteiger partial charge on any atom is -0.346 e. The number of hydrogen-bond acceptors (Lipinski definition) is 4. The van der Waals surface area contributed by atoms with Gasteiger partial charge < -0.3 is 10.6 Å². The monoisotopic (exact) mass is 353 g/mol. The lowest BCUT2D eigenvalue weighted by Gasteiger charge is -2.26. The number of carbonyl (C=O) groups excluding carboxylic acids is 1. The van der Waals surface area contributed by atoms with Crippen LogP contribution in [0.15, 0.2) is 42.6 Å². The van der Waals surface area contributed by atoms with Crippen molar-refractivity contribution in [3.05, 3.63) is 53.9 Å². The van der Waals surface area contributed by atoms with Crippen molar-refractivity contribution in [2.45, 2.75) is 37.4 Å². The van der Waals surface area contributed by atoms with Crippen molar-refractivity contribution in [2.24, 2.45) is 0 Å². The Hall–Kier alpha value is -2.18. The summed E-state index contributed by atoms with van der Waals surface area (Å²) in [6.07, 6.45) is 5.15. The Labute approximate surface area is 154 Å². The fourth-order valence-corrected chi connectivity index (χ4v) is 4.20. The molecule has 2 saturated heterocycles. The average molecular weight is 353 g/mol. The third-order valence-electron chi connectivity index (χ3n) is 5.59. The molecule has 0 spiro atoms. The second kappa shape index (κ2) is 7.60. The minimum absolute atomic E-state index is 0.0752. The van der Waals surface area contributed by atoms with Crippen LogP contribution in [-0.2, 0) is 0 Å². The molecule has 1 aromatic carbocycles. The van der Waals surface area contributed by atoms with Crippen molar-refractivity contribution in [3.8, 4) is 0 Å². The Kier molecular flexibility index (Phi) is 5.04. The van der Waals surface area contributed by atoms with Crippen LogP contribution in [0.1, 0.15) is 47.4 Å². The molecule has 0 aliphatic carbocycles. The summed E-state index contributed by atoms with van der Waals surface area (Å²) < 4.78 is 1.94. The van der Waals surface area contributed by atoms with Gasteiger partial charge in [-0.2, -0.15) is 5.10 Å². The number of nitrogens with one attached hydrogen (secondary N) is 2. The van der Waals surface area contributed by atoms with Crippen LogP contribution in [0.25, 0.3) is 0 Å². The van der Waals surface area contributed by atoms with E-state index >= 15 is 0 Å². The summed E-state index contributed by atoms with van der Waals surface area (Å²) in [6.45, 7) is 2.97. The Balaban J connectivity index is 1.45. The second-order valence-corrected chi connectivity index (χ2v) is 7.39. The number of likely N-dealkylation sites (N-methyl/N-ethyl adjacent to an activating group) is 1. The molecule has 0 saturated carbocycles. The number of aromatic nitrogens is 2. The zero-order chi connectivity index (χ0) is 17.9. The van der Waals surface area contributed by atoms with Crippen LogP contribution < -0.4 is 10.6 Å². The first kappa shape index (κ1) is 17.2. The Morgan fingerprint density at radius 2 is 2.08 bits per heavy atom. The zero-order valence-corrected chi connectivity index (χ0v) is 15.3. The SMILES string of the molecule is CN1CCC(NC(=O)c2ccn(C3CCCNC3)n2)C1c1ccccc1. The van der Waals surface area contributed by atoms with Crippen LogP contribution in [0, 0.1) is 0 Å². The lowest BCUT2D eigenvalue weighted by Crippen LogP contribution is -2.39. The van der Waals surface area contributed by atoms with E-state index in [1.165, 1.54) is 5.56 Å². The third kappa shape index (κ3) is 3.52. The molecule has 4 rings (SSSR count). The van der Waals surface area contributed by atoms with E-state index in [0.29, 0.717) is 11.7 Å². The van der Waals surface area contributed by atoms with Gasteiger partial charge in [-0.1, -0.05) is 30.3 Å². The molecule has 0 radical (unpaired) electrons. The molecule has 3 unspecified atom stereocenters. The van der Waals surface area contributed by atoms with Gasteiger partial charge in [-0.25, -0.2) is 0 Å². The fraction of sp³-hybridized carbons (Fsp3) is 0.500. The van der Waals surface area contributed by atoms with E-state index in [1.54, 1.807) is 0 Å². The predicted molar refractivity (Wildman–Crippen MR) is 101 cm³/mol. The van der Waals surface area contributed by atoms with E-state index in [-0.39, 0.29) is 18.0 Å². The van der Waals surface area contributed by atoms with Gasteiger partial charge in [-0.05, 0) is 44.5 Å². The number of rotatable bonds is 4. The number of piperidine rings is 1. The van der Waals surface area contributed by atoms with E-state index in [0.717, 1.165) is 38.9 Å². The fourth-order valence-electron chi connectivity index (χ4n) is 4.20. The molecule has 1 amide bonds. The molecule has 2 aromatic rings.